The molecule has 0 aliphatic carbocycles. The first kappa shape index (κ1) is 12.3. The summed E-state index contributed by atoms with van der Waals surface area (Å²) < 4.78 is 30.5. The lowest BCUT2D eigenvalue weighted by atomic mass is 10.2. The zero-order valence-corrected chi connectivity index (χ0v) is 8.28. The topological polar surface area (TPSA) is 78.4 Å². The highest BCUT2D eigenvalue weighted by molar-refractivity contribution is 5.46. The van der Waals surface area contributed by atoms with E-state index < -0.39 is 22.2 Å². The molecule has 0 unspecified atom stereocenters. The van der Waals surface area contributed by atoms with Gasteiger partial charge < -0.3 is 10.5 Å². The van der Waals surface area contributed by atoms with Crippen LogP contribution >= 0.6 is 0 Å². The Morgan fingerprint density at radius 2 is 2.00 bits per heavy atom. The van der Waals surface area contributed by atoms with Crippen molar-refractivity contribution < 1.29 is 18.4 Å². The van der Waals surface area contributed by atoms with Crippen LogP contribution in [-0.2, 0) is 0 Å². The molecule has 1 aromatic carbocycles. The maximum atomic E-state index is 12.8. The van der Waals surface area contributed by atoms with Gasteiger partial charge in [0, 0.05) is 6.07 Å². The molecule has 0 atom stereocenters. The number of nitro groups is 1. The third kappa shape index (κ3) is 2.86. The minimum Gasteiger partial charge on any atom is -0.487 e. The highest BCUT2D eigenvalue weighted by Gasteiger charge is 2.19. The van der Waals surface area contributed by atoms with E-state index in [9.17, 15) is 18.9 Å². The Kier molecular flexibility index (Phi) is 4.12. The monoisotopic (exact) mass is 232 g/mol. The Balaban J connectivity index is 2.95. The molecular formula is C9H10F2N2O3. The third-order valence-electron chi connectivity index (χ3n) is 1.80. The lowest BCUT2D eigenvalue weighted by Gasteiger charge is -2.06. The Morgan fingerprint density at radius 3 is 2.56 bits per heavy atom. The van der Waals surface area contributed by atoms with Crippen LogP contribution in [0.2, 0.25) is 0 Å². The van der Waals surface area contributed by atoms with Gasteiger partial charge in [-0.1, -0.05) is 0 Å². The van der Waals surface area contributed by atoms with Crippen LogP contribution < -0.4 is 10.5 Å². The summed E-state index contributed by atoms with van der Waals surface area (Å²) in [6.45, 7) is 0.458. The molecule has 0 aliphatic heterocycles. The van der Waals surface area contributed by atoms with Crippen molar-refractivity contribution in [3.05, 3.63) is 33.9 Å². The van der Waals surface area contributed by atoms with E-state index in [0.29, 0.717) is 25.1 Å². The summed E-state index contributed by atoms with van der Waals surface area (Å²) in [7, 11) is 0. The molecule has 0 saturated carbocycles. The van der Waals surface area contributed by atoms with Gasteiger partial charge >= 0.3 is 5.69 Å². The summed E-state index contributed by atoms with van der Waals surface area (Å²) in [6, 6.07) is 1.15. The molecule has 1 aromatic rings. The van der Waals surface area contributed by atoms with Crippen molar-refractivity contribution >= 4 is 5.69 Å². The smallest absolute Gasteiger partial charge is 0.314 e. The van der Waals surface area contributed by atoms with Crippen molar-refractivity contribution in [1.29, 1.82) is 0 Å². The van der Waals surface area contributed by atoms with Gasteiger partial charge in [0.25, 0.3) is 0 Å². The minimum atomic E-state index is -1.28. The molecule has 0 heterocycles. The van der Waals surface area contributed by atoms with Crippen LogP contribution in [0.15, 0.2) is 12.1 Å². The van der Waals surface area contributed by atoms with Crippen molar-refractivity contribution in [2.24, 2.45) is 5.73 Å². The fourth-order valence-electron chi connectivity index (χ4n) is 1.04. The van der Waals surface area contributed by atoms with Crippen LogP contribution in [0.1, 0.15) is 6.42 Å². The number of benzene rings is 1. The first-order valence-electron chi connectivity index (χ1n) is 4.52. The van der Waals surface area contributed by atoms with Gasteiger partial charge in [0.1, 0.15) is 0 Å². The first-order chi connectivity index (χ1) is 7.56. The largest absolute Gasteiger partial charge is 0.487 e. The lowest BCUT2D eigenvalue weighted by molar-refractivity contribution is -0.386. The molecule has 0 aliphatic rings. The molecule has 2 N–H and O–H groups in total. The SMILES string of the molecule is NCCCOc1cc(F)c(F)cc1[N+](=O)[O-]. The van der Waals surface area contributed by atoms with Crippen LogP contribution in [0.4, 0.5) is 14.5 Å². The van der Waals surface area contributed by atoms with Crippen molar-refractivity contribution in [1.82, 2.24) is 0 Å². The Morgan fingerprint density at radius 1 is 1.38 bits per heavy atom. The fourth-order valence-corrected chi connectivity index (χ4v) is 1.04. The molecule has 0 aromatic heterocycles. The standard InChI is InChI=1S/C9H10F2N2O3/c10-6-4-8(13(14)15)9(5-7(6)11)16-3-1-2-12/h4-5H,1-3,12H2. The predicted molar refractivity (Wildman–Crippen MR) is 52.2 cm³/mol. The van der Waals surface area contributed by atoms with Crippen molar-refractivity contribution in [2.75, 3.05) is 13.2 Å². The summed E-state index contributed by atoms with van der Waals surface area (Å²) in [6.07, 6.45) is 0.468. The molecule has 16 heavy (non-hydrogen) atoms. The Hall–Kier alpha value is -1.76. The van der Waals surface area contributed by atoms with Gasteiger partial charge in [0.05, 0.1) is 17.6 Å². The number of halogens is 2. The van der Waals surface area contributed by atoms with E-state index in [1.54, 1.807) is 0 Å². The van der Waals surface area contributed by atoms with Gasteiger partial charge in [0.15, 0.2) is 17.4 Å². The fraction of sp³-hybridized carbons (Fsp3) is 0.333. The zero-order chi connectivity index (χ0) is 12.1. The molecular weight excluding hydrogens is 222 g/mol. The molecule has 0 saturated heterocycles. The molecule has 0 amide bonds. The number of rotatable bonds is 5. The Labute approximate surface area is 90.0 Å². The molecule has 7 heteroatoms. The van der Waals surface area contributed by atoms with Crippen LogP contribution in [0.3, 0.4) is 0 Å². The van der Waals surface area contributed by atoms with E-state index in [1.165, 1.54) is 0 Å². The minimum absolute atomic E-state index is 0.114. The number of nitrogens with zero attached hydrogens (tertiary/aromatic N) is 1. The predicted octanol–water partition coefficient (Wildman–Crippen LogP) is 1.60. The second-order valence-corrected chi connectivity index (χ2v) is 2.98. The summed E-state index contributed by atoms with van der Waals surface area (Å²) in [5.74, 6) is -2.76. The van der Waals surface area contributed by atoms with Gasteiger partial charge in [-0.3, -0.25) is 10.1 Å². The normalized spacial score (nSPS) is 10.2. The van der Waals surface area contributed by atoms with Gasteiger partial charge in [0.2, 0.25) is 0 Å². The van der Waals surface area contributed by atoms with Crippen molar-refractivity contribution in [2.45, 2.75) is 6.42 Å². The quantitative estimate of drug-likeness (QED) is 0.475. The summed E-state index contributed by atoms with van der Waals surface area (Å²) in [4.78, 5) is 9.70. The maximum Gasteiger partial charge on any atom is 0.314 e. The molecule has 0 bridgehead atoms. The van der Waals surface area contributed by atoms with E-state index in [1.807, 2.05) is 0 Å². The number of nitro benzene ring substituents is 1. The average molecular weight is 232 g/mol. The summed E-state index contributed by atoms with van der Waals surface area (Å²) >= 11 is 0. The lowest BCUT2D eigenvalue weighted by Crippen LogP contribution is -2.07. The number of hydrogen-bond acceptors (Lipinski definition) is 4. The number of nitrogens with two attached hydrogens (primary N) is 1. The van der Waals surface area contributed by atoms with E-state index >= 15 is 0 Å². The van der Waals surface area contributed by atoms with Gasteiger partial charge in [-0.25, -0.2) is 8.78 Å². The Bertz CT molecular complexity index is 399. The molecule has 88 valence electrons. The van der Waals surface area contributed by atoms with Crippen LogP contribution in [0.25, 0.3) is 0 Å². The average Bonchev–Trinajstić information content (AvgIpc) is 2.23. The highest BCUT2D eigenvalue weighted by atomic mass is 19.2. The second-order valence-electron chi connectivity index (χ2n) is 2.98. The van der Waals surface area contributed by atoms with Crippen molar-refractivity contribution in [3.63, 3.8) is 0 Å². The zero-order valence-electron chi connectivity index (χ0n) is 8.28. The molecule has 5 nitrogen and oxygen atoms in total. The van der Waals surface area contributed by atoms with Gasteiger partial charge in [-0.2, -0.15) is 0 Å². The number of ether oxygens (including phenoxy) is 1. The molecule has 0 fully saturated rings. The maximum absolute atomic E-state index is 12.8. The molecule has 0 radical (unpaired) electrons. The van der Waals surface area contributed by atoms with E-state index in [-0.39, 0.29) is 12.4 Å². The van der Waals surface area contributed by atoms with Crippen LogP contribution in [0, 0.1) is 21.7 Å². The highest BCUT2D eigenvalue weighted by Crippen LogP contribution is 2.29. The van der Waals surface area contributed by atoms with Crippen LogP contribution in [-0.4, -0.2) is 18.1 Å². The van der Waals surface area contributed by atoms with Crippen LogP contribution in [0.5, 0.6) is 5.75 Å². The molecule has 0 spiro atoms. The summed E-state index contributed by atoms with van der Waals surface area (Å²) in [5, 5.41) is 10.5. The van der Waals surface area contributed by atoms with E-state index in [4.69, 9.17) is 10.5 Å². The first-order valence-corrected chi connectivity index (χ1v) is 4.52. The second kappa shape index (κ2) is 5.36. The van der Waals surface area contributed by atoms with Gasteiger partial charge in [-0.15, -0.1) is 0 Å². The van der Waals surface area contributed by atoms with Gasteiger partial charge in [-0.05, 0) is 13.0 Å². The molecule has 1 rings (SSSR count). The summed E-state index contributed by atoms with van der Waals surface area (Å²) in [5.41, 5.74) is 4.60. The number of hydrogen-bond donors (Lipinski definition) is 1. The van der Waals surface area contributed by atoms with E-state index in [2.05, 4.69) is 0 Å². The third-order valence-corrected chi connectivity index (χ3v) is 1.80. The van der Waals surface area contributed by atoms with Crippen molar-refractivity contribution in [3.8, 4) is 5.75 Å². The van der Waals surface area contributed by atoms with E-state index in [0.717, 1.165) is 0 Å².